The molecule has 2 fully saturated rings. The topological polar surface area (TPSA) is 30.3 Å². The van der Waals surface area contributed by atoms with E-state index < -0.39 is 0 Å². The van der Waals surface area contributed by atoms with Crippen LogP contribution in [0.4, 0.5) is 5.69 Å². The molecule has 2 aliphatic rings. The maximum absolute atomic E-state index is 8.91. The van der Waals surface area contributed by atoms with Crippen LogP contribution in [0.25, 0.3) is 0 Å². The molecule has 0 bridgehead atoms. The molecule has 3 rings (SSSR count). The summed E-state index contributed by atoms with van der Waals surface area (Å²) in [6.45, 7) is 4.51. The van der Waals surface area contributed by atoms with Crippen LogP contribution in [0.5, 0.6) is 0 Å². The molecule has 0 amide bonds. The van der Waals surface area contributed by atoms with Crippen molar-refractivity contribution in [2.75, 3.05) is 31.1 Å². The minimum absolute atomic E-state index is 0.757. The summed E-state index contributed by atoms with van der Waals surface area (Å²) in [7, 11) is 0. The SMILES string of the molecule is N#Cc1cccc(N2CCN(C3CC3)CC2)c1. The minimum atomic E-state index is 0.757. The second-order valence-corrected chi connectivity index (χ2v) is 4.92. The Bertz CT molecular complexity index is 437. The van der Waals surface area contributed by atoms with E-state index in [4.69, 9.17) is 5.26 Å². The largest absolute Gasteiger partial charge is 0.369 e. The van der Waals surface area contributed by atoms with E-state index in [1.807, 2.05) is 18.2 Å². The zero-order valence-corrected chi connectivity index (χ0v) is 9.97. The highest BCUT2D eigenvalue weighted by atomic mass is 15.3. The standard InChI is InChI=1S/C14H17N3/c15-11-12-2-1-3-14(10-12)17-8-6-16(7-9-17)13-4-5-13/h1-3,10,13H,4-9H2. The van der Waals surface area contributed by atoms with Crippen LogP contribution in [0, 0.1) is 11.3 Å². The van der Waals surface area contributed by atoms with Crippen LogP contribution in [0.1, 0.15) is 18.4 Å². The van der Waals surface area contributed by atoms with Crippen LogP contribution in [-0.4, -0.2) is 37.1 Å². The van der Waals surface area contributed by atoms with Crippen molar-refractivity contribution in [3.8, 4) is 6.07 Å². The zero-order chi connectivity index (χ0) is 11.7. The summed E-state index contributed by atoms with van der Waals surface area (Å²) in [5.41, 5.74) is 1.95. The number of nitriles is 1. The van der Waals surface area contributed by atoms with Crippen molar-refractivity contribution in [1.29, 1.82) is 5.26 Å². The molecule has 1 aromatic carbocycles. The number of benzene rings is 1. The average Bonchev–Trinajstić information content (AvgIpc) is 3.23. The fourth-order valence-corrected chi connectivity index (χ4v) is 2.56. The molecule has 88 valence electrons. The van der Waals surface area contributed by atoms with Crippen molar-refractivity contribution in [3.63, 3.8) is 0 Å². The van der Waals surface area contributed by atoms with Gasteiger partial charge in [-0.05, 0) is 31.0 Å². The molecular formula is C14H17N3. The third kappa shape index (κ3) is 2.27. The van der Waals surface area contributed by atoms with Crippen LogP contribution in [0.3, 0.4) is 0 Å². The van der Waals surface area contributed by atoms with E-state index in [1.54, 1.807) is 0 Å². The molecule has 1 saturated heterocycles. The first-order chi connectivity index (χ1) is 8.36. The average molecular weight is 227 g/mol. The Balaban J connectivity index is 1.67. The lowest BCUT2D eigenvalue weighted by atomic mass is 10.2. The van der Waals surface area contributed by atoms with Crippen LogP contribution < -0.4 is 4.90 Å². The van der Waals surface area contributed by atoms with Gasteiger partial charge in [0, 0.05) is 37.9 Å². The Kier molecular flexibility index (Phi) is 2.74. The maximum Gasteiger partial charge on any atom is 0.0992 e. The zero-order valence-electron chi connectivity index (χ0n) is 9.97. The van der Waals surface area contributed by atoms with Gasteiger partial charge in [0.2, 0.25) is 0 Å². The van der Waals surface area contributed by atoms with Crippen LogP contribution in [0.2, 0.25) is 0 Å². The highest BCUT2D eigenvalue weighted by Crippen LogP contribution is 2.28. The molecule has 1 saturated carbocycles. The van der Waals surface area contributed by atoms with Crippen LogP contribution in [0.15, 0.2) is 24.3 Å². The maximum atomic E-state index is 8.91. The second kappa shape index (κ2) is 4.38. The lowest BCUT2D eigenvalue weighted by Gasteiger charge is -2.36. The van der Waals surface area contributed by atoms with Crippen molar-refractivity contribution < 1.29 is 0 Å². The Morgan fingerprint density at radius 2 is 1.88 bits per heavy atom. The molecule has 0 atom stereocenters. The number of anilines is 1. The molecule has 1 aliphatic heterocycles. The van der Waals surface area contributed by atoms with Crippen molar-refractivity contribution >= 4 is 5.69 Å². The first-order valence-electron chi connectivity index (χ1n) is 6.36. The predicted octanol–water partition coefficient (Wildman–Crippen LogP) is 1.84. The lowest BCUT2D eigenvalue weighted by Crippen LogP contribution is -2.47. The Morgan fingerprint density at radius 3 is 2.53 bits per heavy atom. The van der Waals surface area contributed by atoms with Gasteiger partial charge in [0.15, 0.2) is 0 Å². The molecule has 1 aromatic rings. The highest BCUT2D eigenvalue weighted by Gasteiger charge is 2.31. The molecule has 0 unspecified atom stereocenters. The van der Waals surface area contributed by atoms with Gasteiger partial charge >= 0.3 is 0 Å². The summed E-state index contributed by atoms with van der Waals surface area (Å²) in [6, 6.07) is 11.0. The number of hydrogen-bond donors (Lipinski definition) is 0. The fourth-order valence-electron chi connectivity index (χ4n) is 2.56. The molecule has 17 heavy (non-hydrogen) atoms. The smallest absolute Gasteiger partial charge is 0.0992 e. The Hall–Kier alpha value is -1.53. The Labute approximate surface area is 102 Å². The van der Waals surface area contributed by atoms with E-state index in [9.17, 15) is 0 Å². The fraction of sp³-hybridized carbons (Fsp3) is 0.500. The molecule has 0 radical (unpaired) electrons. The van der Waals surface area contributed by atoms with Gasteiger partial charge in [0.05, 0.1) is 11.6 Å². The number of piperazine rings is 1. The van der Waals surface area contributed by atoms with Crippen LogP contribution in [-0.2, 0) is 0 Å². The van der Waals surface area contributed by atoms with Gasteiger partial charge in [-0.2, -0.15) is 5.26 Å². The monoisotopic (exact) mass is 227 g/mol. The molecule has 1 heterocycles. The summed E-state index contributed by atoms with van der Waals surface area (Å²) in [5.74, 6) is 0. The van der Waals surface area contributed by atoms with Gasteiger partial charge in [-0.1, -0.05) is 6.07 Å². The van der Waals surface area contributed by atoms with Crippen molar-refractivity contribution in [1.82, 2.24) is 4.90 Å². The first-order valence-corrected chi connectivity index (χ1v) is 6.36. The third-order valence-electron chi connectivity index (χ3n) is 3.72. The predicted molar refractivity (Wildman–Crippen MR) is 68.0 cm³/mol. The van der Waals surface area contributed by atoms with Gasteiger partial charge in [-0.25, -0.2) is 0 Å². The quantitative estimate of drug-likeness (QED) is 0.772. The first kappa shape index (κ1) is 10.6. The van der Waals surface area contributed by atoms with E-state index in [2.05, 4.69) is 21.9 Å². The van der Waals surface area contributed by atoms with Gasteiger partial charge in [-0.15, -0.1) is 0 Å². The third-order valence-corrected chi connectivity index (χ3v) is 3.72. The highest BCUT2D eigenvalue weighted by molar-refractivity contribution is 5.51. The van der Waals surface area contributed by atoms with E-state index in [0.717, 1.165) is 24.7 Å². The molecule has 1 aliphatic carbocycles. The summed E-state index contributed by atoms with van der Waals surface area (Å²) in [4.78, 5) is 4.99. The minimum Gasteiger partial charge on any atom is -0.369 e. The number of nitrogens with zero attached hydrogens (tertiary/aromatic N) is 3. The molecule has 3 heteroatoms. The molecule has 0 aromatic heterocycles. The van der Waals surface area contributed by atoms with E-state index in [-0.39, 0.29) is 0 Å². The summed E-state index contributed by atoms with van der Waals surface area (Å²) >= 11 is 0. The summed E-state index contributed by atoms with van der Waals surface area (Å²) < 4.78 is 0. The van der Waals surface area contributed by atoms with Crippen molar-refractivity contribution in [2.24, 2.45) is 0 Å². The van der Waals surface area contributed by atoms with Gasteiger partial charge in [0.25, 0.3) is 0 Å². The number of rotatable bonds is 2. The summed E-state index contributed by atoms with van der Waals surface area (Å²) in [6.07, 6.45) is 2.79. The molecule has 3 nitrogen and oxygen atoms in total. The summed E-state index contributed by atoms with van der Waals surface area (Å²) in [5, 5.41) is 8.91. The second-order valence-electron chi connectivity index (χ2n) is 4.92. The molecular weight excluding hydrogens is 210 g/mol. The van der Waals surface area contributed by atoms with Gasteiger partial charge in [0.1, 0.15) is 0 Å². The van der Waals surface area contributed by atoms with Crippen molar-refractivity contribution in [2.45, 2.75) is 18.9 Å². The van der Waals surface area contributed by atoms with E-state index in [1.165, 1.54) is 31.6 Å². The van der Waals surface area contributed by atoms with E-state index in [0.29, 0.717) is 0 Å². The van der Waals surface area contributed by atoms with Crippen LogP contribution >= 0.6 is 0 Å². The van der Waals surface area contributed by atoms with Gasteiger partial charge < -0.3 is 4.90 Å². The van der Waals surface area contributed by atoms with Gasteiger partial charge in [-0.3, -0.25) is 4.90 Å². The van der Waals surface area contributed by atoms with Crippen molar-refractivity contribution in [3.05, 3.63) is 29.8 Å². The molecule has 0 spiro atoms. The Morgan fingerprint density at radius 1 is 1.12 bits per heavy atom. The molecule has 0 N–H and O–H groups in total. The van der Waals surface area contributed by atoms with E-state index >= 15 is 0 Å². The lowest BCUT2D eigenvalue weighted by molar-refractivity contribution is 0.248. The normalized spacial score (nSPS) is 21.2. The number of hydrogen-bond acceptors (Lipinski definition) is 3.